The van der Waals surface area contributed by atoms with E-state index in [9.17, 15) is 5.26 Å². The molecule has 4 heteroatoms. The number of piperidine rings is 1. The van der Waals surface area contributed by atoms with Crippen LogP contribution in [-0.2, 0) is 0 Å². The molecule has 2 saturated heterocycles. The summed E-state index contributed by atoms with van der Waals surface area (Å²) in [5.74, 6) is 0.731. The van der Waals surface area contributed by atoms with Crippen LogP contribution >= 0.6 is 0 Å². The maximum atomic E-state index is 9.38. The van der Waals surface area contributed by atoms with Gasteiger partial charge >= 0.3 is 0 Å². The molecule has 0 amide bonds. The fourth-order valence-electron chi connectivity index (χ4n) is 3.44. The standard InChI is InChI=1S/C15H20N4/c1-10-6-15(13(7-16)11(2)18-10)19-8-12-4-3-5-17-14(12)9-19/h6,12,14,17H,3-5,8-9H2,1-2H3/t12-,14+/m0/s1. The van der Waals surface area contributed by atoms with E-state index in [2.05, 4.69) is 27.3 Å². The number of anilines is 1. The maximum Gasteiger partial charge on any atom is 0.103 e. The normalized spacial score (nSPS) is 26.1. The van der Waals surface area contributed by atoms with Crippen LogP contribution in [0.25, 0.3) is 0 Å². The molecule has 0 spiro atoms. The first-order valence-electron chi connectivity index (χ1n) is 7.05. The minimum absolute atomic E-state index is 0.592. The van der Waals surface area contributed by atoms with Gasteiger partial charge < -0.3 is 10.2 Å². The lowest BCUT2D eigenvalue weighted by molar-refractivity contribution is 0.340. The molecule has 0 radical (unpaired) electrons. The van der Waals surface area contributed by atoms with Crippen molar-refractivity contribution < 1.29 is 0 Å². The van der Waals surface area contributed by atoms with E-state index in [-0.39, 0.29) is 0 Å². The van der Waals surface area contributed by atoms with Crippen LogP contribution in [0, 0.1) is 31.1 Å². The Morgan fingerprint density at radius 1 is 1.42 bits per heavy atom. The molecule has 1 aromatic heterocycles. The van der Waals surface area contributed by atoms with E-state index in [1.165, 1.54) is 12.8 Å². The molecule has 2 aliphatic heterocycles. The lowest BCUT2D eigenvalue weighted by atomic mass is 9.94. The molecule has 0 saturated carbocycles. The van der Waals surface area contributed by atoms with Gasteiger partial charge in [-0.1, -0.05) is 0 Å². The van der Waals surface area contributed by atoms with Gasteiger partial charge in [0.2, 0.25) is 0 Å². The number of pyridine rings is 1. The van der Waals surface area contributed by atoms with E-state index in [4.69, 9.17) is 0 Å². The molecule has 2 aliphatic rings. The van der Waals surface area contributed by atoms with Crippen molar-refractivity contribution in [2.75, 3.05) is 24.5 Å². The zero-order valence-corrected chi connectivity index (χ0v) is 11.6. The van der Waals surface area contributed by atoms with Crippen LogP contribution < -0.4 is 10.2 Å². The summed E-state index contributed by atoms with van der Waals surface area (Å²) in [6, 6.07) is 4.97. The van der Waals surface area contributed by atoms with Crippen molar-refractivity contribution in [3.8, 4) is 6.07 Å². The molecule has 2 atom stereocenters. The van der Waals surface area contributed by atoms with Crippen LogP contribution in [0.2, 0.25) is 0 Å². The molecule has 3 rings (SSSR count). The SMILES string of the molecule is Cc1cc(N2C[C@@H]3CCCN[C@@H]3C2)c(C#N)c(C)n1. The Bertz CT molecular complexity index is 518. The van der Waals surface area contributed by atoms with Gasteiger partial charge in [0.1, 0.15) is 6.07 Å². The van der Waals surface area contributed by atoms with E-state index in [0.29, 0.717) is 6.04 Å². The van der Waals surface area contributed by atoms with Crippen LogP contribution in [0.3, 0.4) is 0 Å². The topological polar surface area (TPSA) is 52.0 Å². The zero-order chi connectivity index (χ0) is 13.4. The highest BCUT2D eigenvalue weighted by atomic mass is 15.2. The number of hydrogen-bond donors (Lipinski definition) is 1. The van der Waals surface area contributed by atoms with Crippen molar-refractivity contribution in [1.29, 1.82) is 5.26 Å². The predicted molar refractivity (Wildman–Crippen MR) is 75.2 cm³/mol. The van der Waals surface area contributed by atoms with E-state index >= 15 is 0 Å². The molecule has 100 valence electrons. The van der Waals surface area contributed by atoms with Gasteiger partial charge in [0.15, 0.2) is 0 Å². The van der Waals surface area contributed by atoms with Crippen molar-refractivity contribution in [1.82, 2.24) is 10.3 Å². The first kappa shape index (κ1) is 12.4. The van der Waals surface area contributed by atoms with Crippen molar-refractivity contribution >= 4 is 5.69 Å². The molecule has 1 aromatic rings. The van der Waals surface area contributed by atoms with Crippen LogP contribution in [-0.4, -0.2) is 30.7 Å². The molecule has 0 unspecified atom stereocenters. The Morgan fingerprint density at radius 2 is 2.26 bits per heavy atom. The van der Waals surface area contributed by atoms with Crippen LogP contribution in [0.15, 0.2) is 6.07 Å². The zero-order valence-electron chi connectivity index (χ0n) is 11.6. The summed E-state index contributed by atoms with van der Waals surface area (Å²) in [6.07, 6.45) is 2.58. The van der Waals surface area contributed by atoms with E-state index < -0.39 is 0 Å². The first-order chi connectivity index (χ1) is 9.19. The minimum atomic E-state index is 0.592. The number of nitriles is 1. The molecule has 19 heavy (non-hydrogen) atoms. The first-order valence-corrected chi connectivity index (χ1v) is 7.05. The molecule has 4 nitrogen and oxygen atoms in total. The van der Waals surface area contributed by atoms with Gasteiger partial charge in [0.05, 0.1) is 16.9 Å². The smallest absolute Gasteiger partial charge is 0.103 e. The van der Waals surface area contributed by atoms with Gasteiger partial charge in [-0.25, -0.2) is 0 Å². The van der Waals surface area contributed by atoms with Crippen LogP contribution in [0.1, 0.15) is 29.8 Å². The third kappa shape index (κ3) is 2.19. The molecule has 1 N–H and O–H groups in total. The minimum Gasteiger partial charge on any atom is -0.368 e. The Hall–Kier alpha value is -1.60. The summed E-state index contributed by atoms with van der Waals surface area (Å²) in [6.45, 7) is 7.14. The number of aryl methyl sites for hydroxylation is 2. The Balaban J connectivity index is 1.93. The molecular formula is C15H20N4. The average molecular weight is 256 g/mol. The van der Waals surface area contributed by atoms with Crippen molar-refractivity contribution in [2.45, 2.75) is 32.7 Å². The van der Waals surface area contributed by atoms with E-state index in [1.54, 1.807) is 0 Å². The molecular weight excluding hydrogens is 236 g/mol. The van der Waals surface area contributed by atoms with Crippen LogP contribution in [0.4, 0.5) is 5.69 Å². The molecule has 2 fully saturated rings. The second-order valence-electron chi connectivity index (χ2n) is 5.72. The third-order valence-electron chi connectivity index (χ3n) is 4.36. The highest BCUT2D eigenvalue weighted by molar-refractivity contribution is 5.62. The van der Waals surface area contributed by atoms with Crippen molar-refractivity contribution in [2.24, 2.45) is 5.92 Å². The Morgan fingerprint density at radius 3 is 3.00 bits per heavy atom. The number of rotatable bonds is 1. The summed E-state index contributed by atoms with van der Waals surface area (Å²) >= 11 is 0. The third-order valence-corrected chi connectivity index (χ3v) is 4.36. The Kier molecular flexibility index (Phi) is 3.16. The number of aromatic nitrogens is 1. The number of fused-ring (bicyclic) bond motifs is 1. The number of nitrogens with zero attached hydrogens (tertiary/aromatic N) is 3. The lowest BCUT2D eigenvalue weighted by Gasteiger charge is -2.24. The van der Waals surface area contributed by atoms with Crippen LogP contribution in [0.5, 0.6) is 0 Å². The highest BCUT2D eigenvalue weighted by Gasteiger charge is 2.35. The number of nitrogens with one attached hydrogen (secondary N) is 1. The highest BCUT2D eigenvalue weighted by Crippen LogP contribution is 2.32. The summed E-state index contributed by atoms with van der Waals surface area (Å²) in [5.41, 5.74) is 3.66. The maximum absolute atomic E-state index is 9.38. The average Bonchev–Trinajstić information content (AvgIpc) is 2.81. The van der Waals surface area contributed by atoms with Gasteiger partial charge in [-0.3, -0.25) is 4.98 Å². The summed E-state index contributed by atoms with van der Waals surface area (Å²) in [4.78, 5) is 6.77. The fraction of sp³-hybridized carbons (Fsp3) is 0.600. The molecule has 0 aromatic carbocycles. The van der Waals surface area contributed by atoms with Gasteiger partial charge in [-0.2, -0.15) is 5.26 Å². The Labute approximate surface area is 114 Å². The number of hydrogen-bond acceptors (Lipinski definition) is 4. The fourth-order valence-corrected chi connectivity index (χ4v) is 3.44. The predicted octanol–water partition coefficient (Wildman–Crippen LogP) is 1.76. The van der Waals surface area contributed by atoms with Gasteiger partial charge in [0, 0.05) is 24.8 Å². The largest absolute Gasteiger partial charge is 0.368 e. The van der Waals surface area contributed by atoms with E-state index in [1.807, 2.05) is 13.8 Å². The summed E-state index contributed by atoms with van der Waals surface area (Å²) in [5, 5.41) is 13.0. The molecule has 0 aliphatic carbocycles. The lowest BCUT2D eigenvalue weighted by Crippen LogP contribution is -2.40. The second kappa shape index (κ2) is 4.82. The van der Waals surface area contributed by atoms with Crippen molar-refractivity contribution in [3.63, 3.8) is 0 Å². The molecule has 0 bridgehead atoms. The van der Waals surface area contributed by atoms with E-state index in [0.717, 1.165) is 48.2 Å². The van der Waals surface area contributed by atoms with Gasteiger partial charge in [-0.15, -0.1) is 0 Å². The van der Waals surface area contributed by atoms with Gasteiger partial charge in [0.25, 0.3) is 0 Å². The van der Waals surface area contributed by atoms with Gasteiger partial charge in [-0.05, 0) is 45.2 Å². The monoisotopic (exact) mass is 256 g/mol. The summed E-state index contributed by atoms with van der Waals surface area (Å²) in [7, 11) is 0. The quantitative estimate of drug-likeness (QED) is 0.832. The van der Waals surface area contributed by atoms with Crippen molar-refractivity contribution in [3.05, 3.63) is 23.0 Å². The molecule has 3 heterocycles. The summed E-state index contributed by atoms with van der Waals surface area (Å²) < 4.78 is 0. The second-order valence-corrected chi connectivity index (χ2v) is 5.72.